The van der Waals surface area contributed by atoms with E-state index in [0.717, 1.165) is 57.8 Å². The van der Waals surface area contributed by atoms with Gasteiger partial charge in [0.05, 0.1) is 0 Å². The Morgan fingerprint density at radius 3 is 2.06 bits per heavy atom. The summed E-state index contributed by atoms with van der Waals surface area (Å²) in [6, 6.07) is 0.355. The number of unbranched alkanes of at least 4 members (excludes halogenated alkanes) is 2. The van der Waals surface area contributed by atoms with Gasteiger partial charge in [-0.1, -0.05) is 44.9 Å². The van der Waals surface area contributed by atoms with Crippen LogP contribution in [0, 0.1) is 11.8 Å². The van der Waals surface area contributed by atoms with E-state index in [1.807, 2.05) is 0 Å². The number of amides is 4. The van der Waals surface area contributed by atoms with Crippen molar-refractivity contribution >= 4 is 23.6 Å². The van der Waals surface area contributed by atoms with Crippen LogP contribution in [0.25, 0.3) is 0 Å². The number of carbonyl (C=O) groups excluding carboxylic acids is 4. The van der Waals surface area contributed by atoms with Crippen LogP contribution in [0.5, 0.6) is 0 Å². The molecule has 0 bridgehead atoms. The van der Waals surface area contributed by atoms with Crippen LogP contribution >= 0.6 is 0 Å². The zero-order chi connectivity index (χ0) is 24.2. The predicted octanol–water partition coefficient (Wildman–Crippen LogP) is 4.01. The number of hydrogen-bond donors (Lipinski definition) is 2. The molecule has 0 spiro atoms. The maximum atomic E-state index is 12.5. The van der Waals surface area contributed by atoms with Crippen molar-refractivity contribution in [3.05, 3.63) is 12.2 Å². The van der Waals surface area contributed by atoms with E-state index in [4.69, 9.17) is 0 Å². The van der Waals surface area contributed by atoms with Crippen molar-refractivity contribution in [2.75, 3.05) is 13.1 Å². The van der Waals surface area contributed by atoms with Gasteiger partial charge in [0.15, 0.2) is 0 Å². The Kier molecular flexibility index (Phi) is 11.1. The van der Waals surface area contributed by atoms with E-state index in [9.17, 15) is 19.2 Å². The van der Waals surface area contributed by atoms with E-state index >= 15 is 0 Å². The van der Waals surface area contributed by atoms with Crippen LogP contribution in [0.15, 0.2) is 12.2 Å². The summed E-state index contributed by atoms with van der Waals surface area (Å²) in [6.45, 7) is 1.12. The monoisotopic (exact) mass is 473 g/mol. The van der Waals surface area contributed by atoms with Crippen molar-refractivity contribution in [3.8, 4) is 0 Å². The highest BCUT2D eigenvalue weighted by atomic mass is 16.2. The molecule has 0 unspecified atom stereocenters. The highest BCUT2D eigenvalue weighted by Gasteiger charge is 2.31. The van der Waals surface area contributed by atoms with Crippen LogP contribution in [-0.2, 0) is 19.2 Å². The van der Waals surface area contributed by atoms with Crippen LogP contribution in [0.2, 0.25) is 0 Å². The smallest absolute Gasteiger partial charge is 0.253 e. The maximum absolute atomic E-state index is 12.5. The molecule has 0 aromatic carbocycles. The zero-order valence-electron chi connectivity index (χ0n) is 20.7. The highest BCUT2D eigenvalue weighted by molar-refractivity contribution is 6.12. The second-order valence-electron chi connectivity index (χ2n) is 10.4. The van der Waals surface area contributed by atoms with Gasteiger partial charge in [0.25, 0.3) is 11.8 Å². The van der Waals surface area contributed by atoms with Gasteiger partial charge in [-0.05, 0) is 57.3 Å². The van der Waals surface area contributed by atoms with Gasteiger partial charge < -0.3 is 10.6 Å². The Bertz CT molecular complexity index is 699. The summed E-state index contributed by atoms with van der Waals surface area (Å²) in [5.41, 5.74) is 0. The van der Waals surface area contributed by atoms with Gasteiger partial charge in [-0.15, -0.1) is 0 Å². The summed E-state index contributed by atoms with van der Waals surface area (Å²) in [5.74, 6) is 0.160. The van der Waals surface area contributed by atoms with Crippen LogP contribution in [0.1, 0.15) is 103 Å². The summed E-state index contributed by atoms with van der Waals surface area (Å²) in [6.07, 6.45) is 19.2. The van der Waals surface area contributed by atoms with Crippen LogP contribution in [0.4, 0.5) is 0 Å². The Hall–Kier alpha value is -2.18. The topological polar surface area (TPSA) is 95.6 Å². The van der Waals surface area contributed by atoms with Crippen molar-refractivity contribution in [2.45, 2.75) is 109 Å². The lowest BCUT2D eigenvalue weighted by molar-refractivity contribution is -0.138. The molecule has 0 aromatic heterocycles. The van der Waals surface area contributed by atoms with Gasteiger partial charge in [-0.2, -0.15) is 0 Å². The molecule has 0 saturated heterocycles. The van der Waals surface area contributed by atoms with Crippen LogP contribution in [-0.4, -0.2) is 47.7 Å². The molecule has 3 rings (SSSR count). The third kappa shape index (κ3) is 8.88. The molecule has 1 aliphatic heterocycles. The molecule has 7 heteroatoms. The molecular weight excluding hydrogens is 430 g/mol. The molecule has 3 aliphatic rings. The number of imide groups is 1. The van der Waals surface area contributed by atoms with Crippen molar-refractivity contribution in [3.63, 3.8) is 0 Å². The zero-order valence-corrected chi connectivity index (χ0v) is 20.7. The third-order valence-corrected chi connectivity index (χ3v) is 7.66. The number of hydrogen-bond acceptors (Lipinski definition) is 4. The van der Waals surface area contributed by atoms with Gasteiger partial charge in [0, 0.05) is 43.6 Å². The fraction of sp³-hybridized carbons (Fsp3) is 0.778. The van der Waals surface area contributed by atoms with Crippen molar-refractivity contribution in [1.29, 1.82) is 0 Å². The van der Waals surface area contributed by atoms with Gasteiger partial charge in [-0.3, -0.25) is 24.1 Å². The van der Waals surface area contributed by atoms with E-state index < -0.39 is 0 Å². The second kappa shape index (κ2) is 14.3. The summed E-state index contributed by atoms with van der Waals surface area (Å²) in [7, 11) is 0. The number of nitrogens with zero attached hydrogens (tertiary/aromatic N) is 1. The quantitative estimate of drug-likeness (QED) is 0.370. The molecule has 2 N–H and O–H groups in total. The minimum atomic E-state index is -0.224. The lowest BCUT2D eigenvalue weighted by Crippen LogP contribution is -2.38. The van der Waals surface area contributed by atoms with Gasteiger partial charge in [-0.25, -0.2) is 0 Å². The first-order chi connectivity index (χ1) is 16.5. The average molecular weight is 474 g/mol. The van der Waals surface area contributed by atoms with E-state index in [-0.39, 0.29) is 35.5 Å². The molecule has 34 heavy (non-hydrogen) atoms. The maximum Gasteiger partial charge on any atom is 0.253 e. The standard InChI is InChI=1S/C27H43N3O4/c31-24(29-23-10-6-3-1-2-4-7-11-23)12-8-5-9-19-28-27(34)22-15-13-21(14-16-22)20-30-25(32)17-18-26(30)33/h17-18,21-23H,1-16,19-20H2,(H,28,34)(H,29,31). The minimum absolute atomic E-state index is 0.0260. The number of nitrogens with one attached hydrogen (secondary N) is 2. The summed E-state index contributed by atoms with van der Waals surface area (Å²) >= 11 is 0. The third-order valence-electron chi connectivity index (χ3n) is 7.66. The Labute approximate surface area is 204 Å². The molecule has 0 aromatic rings. The Morgan fingerprint density at radius 1 is 0.794 bits per heavy atom. The van der Waals surface area contributed by atoms with Crippen LogP contribution < -0.4 is 10.6 Å². The molecule has 2 fully saturated rings. The van der Waals surface area contributed by atoms with E-state index in [1.54, 1.807) is 0 Å². The largest absolute Gasteiger partial charge is 0.356 e. The average Bonchev–Trinajstić information content (AvgIpc) is 3.21. The van der Waals surface area contributed by atoms with E-state index in [1.165, 1.54) is 55.6 Å². The Morgan fingerprint density at radius 2 is 1.41 bits per heavy atom. The fourth-order valence-corrected chi connectivity index (χ4v) is 5.50. The first-order valence-corrected chi connectivity index (χ1v) is 13.6. The second-order valence-corrected chi connectivity index (χ2v) is 10.4. The lowest BCUT2D eigenvalue weighted by atomic mass is 9.81. The minimum Gasteiger partial charge on any atom is -0.356 e. The van der Waals surface area contributed by atoms with Gasteiger partial charge in [0.2, 0.25) is 11.8 Å². The molecule has 190 valence electrons. The highest BCUT2D eigenvalue weighted by Crippen LogP contribution is 2.30. The Balaban J connectivity index is 1.20. The first-order valence-electron chi connectivity index (χ1n) is 13.6. The summed E-state index contributed by atoms with van der Waals surface area (Å²) in [4.78, 5) is 49.5. The van der Waals surface area contributed by atoms with E-state index in [0.29, 0.717) is 25.6 Å². The summed E-state index contributed by atoms with van der Waals surface area (Å²) in [5, 5.41) is 6.30. The normalized spacial score (nSPS) is 24.4. The van der Waals surface area contributed by atoms with Crippen LogP contribution in [0.3, 0.4) is 0 Å². The number of carbonyl (C=O) groups is 4. The molecular formula is C27H43N3O4. The molecule has 7 nitrogen and oxygen atoms in total. The first kappa shape index (κ1) is 26.4. The van der Waals surface area contributed by atoms with Crippen molar-refractivity contribution < 1.29 is 19.2 Å². The predicted molar refractivity (Wildman–Crippen MR) is 132 cm³/mol. The fourth-order valence-electron chi connectivity index (χ4n) is 5.50. The SMILES string of the molecule is O=C(CCCCCNC(=O)C1CCC(CN2C(=O)C=CC2=O)CC1)NC1CCCCCCCC1. The molecule has 0 atom stereocenters. The molecule has 0 radical (unpaired) electrons. The number of rotatable bonds is 10. The van der Waals surface area contributed by atoms with Gasteiger partial charge >= 0.3 is 0 Å². The molecule has 4 amide bonds. The van der Waals surface area contributed by atoms with E-state index in [2.05, 4.69) is 10.6 Å². The lowest BCUT2D eigenvalue weighted by Gasteiger charge is -2.30. The van der Waals surface area contributed by atoms with Crippen molar-refractivity contribution in [2.24, 2.45) is 11.8 Å². The molecule has 2 saturated carbocycles. The summed E-state index contributed by atoms with van der Waals surface area (Å²) < 4.78 is 0. The van der Waals surface area contributed by atoms with Gasteiger partial charge in [0.1, 0.15) is 0 Å². The van der Waals surface area contributed by atoms with Crippen molar-refractivity contribution in [1.82, 2.24) is 15.5 Å². The molecule has 2 aliphatic carbocycles. The molecule has 1 heterocycles.